The minimum absolute atomic E-state index is 0. The zero-order valence-electron chi connectivity index (χ0n) is 9.82. The number of rotatable bonds is 4. The van der Waals surface area contributed by atoms with Gasteiger partial charge in [0, 0.05) is 14.1 Å². The summed E-state index contributed by atoms with van der Waals surface area (Å²) in [6, 6.07) is 3.59. The van der Waals surface area contributed by atoms with Gasteiger partial charge in [0.2, 0.25) is 5.91 Å². The van der Waals surface area contributed by atoms with Crippen LogP contribution in [0.1, 0.15) is 5.76 Å². The SMILES string of the molecule is CN=C(NC)NCC(=O)NCc1ccco1.I. The van der Waals surface area contributed by atoms with Crippen LogP contribution in [0.4, 0.5) is 0 Å². The second-order valence-electron chi connectivity index (χ2n) is 3.03. The lowest BCUT2D eigenvalue weighted by atomic mass is 10.4. The third kappa shape index (κ3) is 6.15. The van der Waals surface area contributed by atoms with Crippen molar-refractivity contribution < 1.29 is 9.21 Å². The van der Waals surface area contributed by atoms with Crippen molar-refractivity contribution in [1.29, 1.82) is 0 Å². The van der Waals surface area contributed by atoms with Crippen molar-refractivity contribution in [3.8, 4) is 0 Å². The molecular formula is C10H17IN4O2. The molecule has 7 heteroatoms. The smallest absolute Gasteiger partial charge is 0.239 e. The average molecular weight is 352 g/mol. The molecular weight excluding hydrogens is 335 g/mol. The molecule has 0 saturated carbocycles. The van der Waals surface area contributed by atoms with Gasteiger partial charge in [0.15, 0.2) is 5.96 Å². The molecule has 0 radical (unpaired) electrons. The van der Waals surface area contributed by atoms with Crippen molar-refractivity contribution in [2.24, 2.45) is 4.99 Å². The van der Waals surface area contributed by atoms with Gasteiger partial charge < -0.3 is 20.4 Å². The minimum atomic E-state index is -0.118. The Morgan fingerprint density at radius 2 is 2.24 bits per heavy atom. The second-order valence-corrected chi connectivity index (χ2v) is 3.03. The number of amides is 1. The van der Waals surface area contributed by atoms with E-state index in [9.17, 15) is 4.79 Å². The van der Waals surface area contributed by atoms with E-state index in [4.69, 9.17) is 4.42 Å². The van der Waals surface area contributed by atoms with Crippen LogP contribution in [0.25, 0.3) is 0 Å². The number of carbonyl (C=O) groups is 1. The summed E-state index contributed by atoms with van der Waals surface area (Å²) in [7, 11) is 3.37. The molecule has 1 aromatic rings. The molecule has 1 aromatic heterocycles. The molecule has 0 spiro atoms. The average Bonchev–Trinajstić information content (AvgIpc) is 2.80. The van der Waals surface area contributed by atoms with Gasteiger partial charge in [-0.05, 0) is 12.1 Å². The Bertz CT molecular complexity index is 351. The number of carbonyl (C=O) groups excluding carboxylic acids is 1. The summed E-state index contributed by atoms with van der Waals surface area (Å²) in [6.45, 7) is 0.569. The summed E-state index contributed by atoms with van der Waals surface area (Å²) >= 11 is 0. The maximum Gasteiger partial charge on any atom is 0.239 e. The first-order chi connectivity index (χ1) is 7.76. The normalized spacial score (nSPS) is 10.4. The van der Waals surface area contributed by atoms with Crippen molar-refractivity contribution in [2.75, 3.05) is 20.6 Å². The van der Waals surface area contributed by atoms with Crippen molar-refractivity contribution in [2.45, 2.75) is 6.54 Å². The fraction of sp³-hybridized carbons (Fsp3) is 0.400. The molecule has 1 heterocycles. The zero-order chi connectivity index (χ0) is 11.8. The molecule has 0 fully saturated rings. The fourth-order valence-electron chi connectivity index (χ4n) is 1.10. The summed E-state index contributed by atoms with van der Waals surface area (Å²) < 4.78 is 5.08. The molecule has 0 aliphatic heterocycles. The summed E-state index contributed by atoms with van der Waals surface area (Å²) in [6.07, 6.45) is 1.57. The Morgan fingerprint density at radius 3 is 2.76 bits per heavy atom. The predicted octanol–water partition coefficient (Wildman–Crippen LogP) is 0.309. The standard InChI is InChI=1S/C10H16N4O2.HI/c1-11-10(12-2)14-7-9(15)13-6-8-4-3-5-16-8;/h3-5H,6-7H2,1-2H3,(H,13,15)(H2,11,12,14);1H. The third-order valence-corrected chi connectivity index (χ3v) is 1.92. The Labute approximate surface area is 117 Å². The van der Waals surface area contributed by atoms with Gasteiger partial charge in [-0.3, -0.25) is 9.79 Å². The maximum atomic E-state index is 11.4. The van der Waals surface area contributed by atoms with Gasteiger partial charge in [-0.1, -0.05) is 0 Å². The van der Waals surface area contributed by atoms with Crippen LogP contribution in [-0.2, 0) is 11.3 Å². The number of nitrogens with one attached hydrogen (secondary N) is 3. The number of nitrogens with zero attached hydrogens (tertiary/aromatic N) is 1. The Morgan fingerprint density at radius 1 is 1.47 bits per heavy atom. The van der Waals surface area contributed by atoms with Gasteiger partial charge in [-0.2, -0.15) is 0 Å². The van der Waals surface area contributed by atoms with E-state index in [-0.39, 0.29) is 36.4 Å². The molecule has 6 nitrogen and oxygen atoms in total. The van der Waals surface area contributed by atoms with E-state index < -0.39 is 0 Å². The van der Waals surface area contributed by atoms with Gasteiger partial charge in [0.25, 0.3) is 0 Å². The monoisotopic (exact) mass is 352 g/mol. The Kier molecular flexibility index (Phi) is 8.20. The number of guanidine groups is 1. The highest BCUT2D eigenvalue weighted by atomic mass is 127. The number of aliphatic imine (C=N–C) groups is 1. The van der Waals surface area contributed by atoms with E-state index in [1.807, 2.05) is 0 Å². The first-order valence-electron chi connectivity index (χ1n) is 4.93. The van der Waals surface area contributed by atoms with Crippen LogP contribution in [0.3, 0.4) is 0 Å². The molecule has 0 atom stereocenters. The predicted molar refractivity (Wildman–Crippen MR) is 76.4 cm³/mol. The molecule has 0 bridgehead atoms. The Balaban J connectivity index is 0.00000256. The highest BCUT2D eigenvalue weighted by Gasteiger charge is 2.03. The van der Waals surface area contributed by atoms with Crippen LogP contribution in [-0.4, -0.2) is 32.5 Å². The van der Waals surface area contributed by atoms with Crippen molar-refractivity contribution >= 4 is 35.8 Å². The van der Waals surface area contributed by atoms with E-state index in [0.717, 1.165) is 5.76 Å². The van der Waals surface area contributed by atoms with E-state index in [2.05, 4.69) is 20.9 Å². The number of hydrogen-bond donors (Lipinski definition) is 3. The highest BCUT2D eigenvalue weighted by molar-refractivity contribution is 14.0. The van der Waals surface area contributed by atoms with E-state index in [1.165, 1.54) is 0 Å². The van der Waals surface area contributed by atoms with Crippen LogP contribution < -0.4 is 16.0 Å². The first-order valence-corrected chi connectivity index (χ1v) is 4.93. The van der Waals surface area contributed by atoms with Gasteiger partial charge in [0.05, 0.1) is 19.4 Å². The van der Waals surface area contributed by atoms with Gasteiger partial charge in [0.1, 0.15) is 5.76 Å². The molecule has 1 amide bonds. The lowest BCUT2D eigenvalue weighted by molar-refractivity contribution is -0.120. The van der Waals surface area contributed by atoms with E-state index in [0.29, 0.717) is 12.5 Å². The summed E-state index contributed by atoms with van der Waals surface area (Å²) in [5.41, 5.74) is 0. The van der Waals surface area contributed by atoms with Gasteiger partial charge >= 0.3 is 0 Å². The number of halogens is 1. The zero-order valence-corrected chi connectivity index (χ0v) is 12.1. The Hall–Kier alpha value is -1.25. The van der Waals surface area contributed by atoms with Gasteiger partial charge in [-0.15, -0.1) is 24.0 Å². The number of furan rings is 1. The van der Waals surface area contributed by atoms with Crippen molar-refractivity contribution in [3.05, 3.63) is 24.2 Å². The lowest BCUT2D eigenvalue weighted by Gasteiger charge is -2.08. The maximum absolute atomic E-state index is 11.4. The molecule has 96 valence electrons. The molecule has 3 N–H and O–H groups in total. The summed E-state index contributed by atoms with van der Waals surface area (Å²) in [4.78, 5) is 15.3. The molecule has 0 aliphatic rings. The molecule has 0 saturated heterocycles. The summed E-state index contributed by atoms with van der Waals surface area (Å²) in [5.74, 6) is 1.19. The van der Waals surface area contributed by atoms with E-state index in [1.54, 1.807) is 32.5 Å². The fourth-order valence-corrected chi connectivity index (χ4v) is 1.10. The van der Waals surface area contributed by atoms with Gasteiger partial charge in [-0.25, -0.2) is 0 Å². The molecule has 0 unspecified atom stereocenters. The van der Waals surface area contributed by atoms with Crippen LogP contribution in [0.5, 0.6) is 0 Å². The molecule has 0 aromatic carbocycles. The minimum Gasteiger partial charge on any atom is -0.467 e. The molecule has 1 rings (SSSR count). The molecule has 17 heavy (non-hydrogen) atoms. The van der Waals surface area contributed by atoms with Crippen LogP contribution in [0, 0.1) is 0 Å². The van der Waals surface area contributed by atoms with Crippen LogP contribution >= 0.6 is 24.0 Å². The quantitative estimate of drug-likeness (QED) is 0.414. The third-order valence-electron chi connectivity index (χ3n) is 1.92. The summed E-state index contributed by atoms with van der Waals surface area (Å²) in [5, 5.41) is 8.37. The highest BCUT2D eigenvalue weighted by Crippen LogP contribution is 1.97. The van der Waals surface area contributed by atoms with Crippen LogP contribution in [0.2, 0.25) is 0 Å². The topological polar surface area (TPSA) is 78.7 Å². The number of hydrogen-bond acceptors (Lipinski definition) is 3. The first kappa shape index (κ1) is 15.8. The largest absolute Gasteiger partial charge is 0.467 e. The molecule has 0 aliphatic carbocycles. The van der Waals surface area contributed by atoms with E-state index >= 15 is 0 Å². The lowest BCUT2D eigenvalue weighted by Crippen LogP contribution is -2.41. The van der Waals surface area contributed by atoms with Crippen molar-refractivity contribution in [3.63, 3.8) is 0 Å². The van der Waals surface area contributed by atoms with Crippen LogP contribution in [0.15, 0.2) is 27.8 Å². The van der Waals surface area contributed by atoms with Crippen molar-refractivity contribution in [1.82, 2.24) is 16.0 Å². The second kappa shape index (κ2) is 8.85.